The lowest BCUT2D eigenvalue weighted by Crippen LogP contribution is -2.20. The summed E-state index contributed by atoms with van der Waals surface area (Å²) < 4.78 is 11.9. The molecule has 2 aromatic heterocycles. The van der Waals surface area contributed by atoms with Crippen LogP contribution in [0.15, 0.2) is 51.7 Å². The zero-order chi connectivity index (χ0) is 19.0. The van der Waals surface area contributed by atoms with E-state index in [4.69, 9.17) is 9.15 Å². The molecule has 4 rings (SSSR count). The molecule has 2 heterocycles. The predicted octanol–water partition coefficient (Wildman–Crippen LogP) is 4.04. The first-order valence-electron chi connectivity index (χ1n) is 8.33. The maximum absolute atomic E-state index is 12.2. The topological polar surface area (TPSA) is 81.4 Å². The molecular formula is C20H16N2O4S. The van der Waals surface area contributed by atoms with Gasteiger partial charge < -0.3 is 9.15 Å². The smallest absolute Gasteiger partial charge is 0.336 e. The first-order chi connectivity index (χ1) is 13.0. The third-order valence-corrected chi connectivity index (χ3v) is 5.17. The van der Waals surface area contributed by atoms with Crippen LogP contribution >= 0.6 is 11.3 Å². The highest BCUT2D eigenvalue weighted by molar-refractivity contribution is 7.22. The van der Waals surface area contributed by atoms with Crippen LogP contribution in [0.3, 0.4) is 0 Å². The number of hydrogen-bond acceptors (Lipinski definition) is 6. The van der Waals surface area contributed by atoms with Crippen LogP contribution in [-0.4, -0.2) is 17.5 Å². The number of carbonyl (C=O) groups excluding carboxylic acids is 1. The summed E-state index contributed by atoms with van der Waals surface area (Å²) in [4.78, 5) is 28.2. The molecule has 6 nitrogen and oxygen atoms in total. The van der Waals surface area contributed by atoms with Crippen molar-refractivity contribution in [1.29, 1.82) is 0 Å². The molecule has 4 aromatic rings. The largest absolute Gasteiger partial charge is 0.483 e. The van der Waals surface area contributed by atoms with Gasteiger partial charge in [-0.2, -0.15) is 0 Å². The molecule has 27 heavy (non-hydrogen) atoms. The van der Waals surface area contributed by atoms with Crippen LogP contribution in [0.2, 0.25) is 0 Å². The Morgan fingerprint density at radius 1 is 1.22 bits per heavy atom. The highest BCUT2D eigenvalue weighted by Crippen LogP contribution is 2.28. The van der Waals surface area contributed by atoms with Crippen LogP contribution in [0.1, 0.15) is 11.1 Å². The first kappa shape index (κ1) is 17.2. The van der Waals surface area contributed by atoms with Gasteiger partial charge in [-0.1, -0.05) is 23.5 Å². The zero-order valence-corrected chi connectivity index (χ0v) is 15.6. The number of aryl methyl sites for hydroxylation is 2. The summed E-state index contributed by atoms with van der Waals surface area (Å²) >= 11 is 1.41. The van der Waals surface area contributed by atoms with Crippen LogP contribution in [0.4, 0.5) is 5.13 Å². The minimum absolute atomic E-state index is 0.168. The van der Waals surface area contributed by atoms with E-state index in [1.807, 2.05) is 37.3 Å². The summed E-state index contributed by atoms with van der Waals surface area (Å²) in [6.07, 6.45) is 0. The molecule has 0 atom stereocenters. The van der Waals surface area contributed by atoms with Crippen LogP contribution in [0.5, 0.6) is 5.75 Å². The number of rotatable bonds is 4. The van der Waals surface area contributed by atoms with Gasteiger partial charge in [0.05, 0.1) is 10.2 Å². The first-order valence-corrected chi connectivity index (χ1v) is 9.15. The lowest BCUT2D eigenvalue weighted by Gasteiger charge is -2.11. The number of para-hydroxylation sites is 1. The van der Waals surface area contributed by atoms with E-state index in [2.05, 4.69) is 10.3 Å². The molecule has 7 heteroatoms. The van der Waals surface area contributed by atoms with E-state index in [0.717, 1.165) is 21.2 Å². The van der Waals surface area contributed by atoms with Gasteiger partial charge in [-0.25, -0.2) is 9.78 Å². The number of benzene rings is 2. The van der Waals surface area contributed by atoms with Crippen molar-refractivity contribution < 1.29 is 13.9 Å². The molecule has 0 bridgehead atoms. The summed E-state index contributed by atoms with van der Waals surface area (Å²) in [5.74, 6) is 0.190. The number of amides is 1. The maximum atomic E-state index is 12.2. The Kier molecular flexibility index (Phi) is 4.37. The van der Waals surface area contributed by atoms with Crippen molar-refractivity contribution in [2.24, 2.45) is 0 Å². The van der Waals surface area contributed by atoms with Gasteiger partial charge in [-0.15, -0.1) is 0 Å². The molecule has 0 aliphatic carbocycles. The van der Waals surface area contributed by atoms with Crippen LogP contribution < -0.4 is 15.7 Å². The summed E-state index contributed by atoms with van der Waals surface area (Å²) in [6, 6.07) is 12.7. The monoisotopic (exact) mass is 380 g/mol. The number of carbonyl (C=O) groups is 1. The third-order valence-electron chi connectivity index (χ3n) is 4.22. The summed E-state index contributed by atoms with van der Waals surface area (Å²) in [5.41, 5.74) is 2.43. The quantitative estimate of drug-likeness (QED) is 0.541. The predicted molar refractivity (Wildman–Crippen MR) is 106 cm³/mol. The SMILES string of the molecule is Cc1cc(=O)oc2c(C)c(OCC(=O)Nc3nc4ccccc4s3)ccc12. The van der Waals surface area contributed by atoms with E-state index in [0.29, 0.717) is 22.0 Å². The molecule has 0 saturated carbocycles. The van der Waals surface area contributed by atoms with Gasteiger partial charge in [-0.05, 0) is 43.7 Å². The Morgan fingerprint density at radius 3 is 2.85 bits per heavy atom. The number of aromatic nitrogens is 1. The molecule has 0 radical (unpaired) electrons. The van der Waals surface area contributed by atoms with E-state index in [9.17, 15) is 9.59 Å². The summed E-state index contributed by atoms with van der Waals surface area (Å²) in [6.45, 7) is 3.48. The molecular weight excluding hydrogens is 364 g/mol. The number of nitrogens with one attached hydrogen (secondary N) is 1. The van der Waals surface area contributed by atoms with E-state index >= 15 is 0 Å². The minimum Gasteiger partial charge on any atom is -0.483 e. The molecule has 0 saturated heterocycles. The van der Waals surface area contributed by atoms with Crippen molar-refractivity contribution in [3.8, 4) is 5.75 Å². The number of ether oxygens (including phenoxy) is 1. The van der Waals surface area contributed by atoms with Crippen molar-refractivity contribution in [2.75, 3.05) is 11.9 Å². The normalized spacial score (nSPS) is 11.0. The number of hydrogen-bond donors (Lipinski definition) is 1. The molecule has 136 valence electrons. The van der Waals surface area contributed by atoms with Crippen LogP contribution in [0, 0.1) is 13.8 Å². The lowest BCUT2D eigenvalue weighted by molar-refractivity contribution is -0.118. The average Bonchev–Trinajstić information content (AvgIpc) is 3.03. The maximum Gasteiger partial charge on any atom is 0.336 e. The number of anilines is 1. The molecule has 0 aliphatic rings. The van der Waals surface area contributed by atoms with Gasteiger partial charge in [0.25, 0.3) is 5.91 Å². The van der Waals surface area contributed by atoms with Crippen LogP contribution in [-0.2, 0) is 4.79 Å². The van der Waals surface area contributed by atoms with Crippen molar-refractivity contribution in [2.45, 2.75) is 13.8 Å². The highest BCUT2D eigenvalue weighted by Gasteiger charge is 2.12. The zero-order valence-electron chi connectivity index (χ0n) is 14.7. The van der Waals surface area contributed by atoms with Gasteiger partial charge in [0.15, 0.2) is 11.7 Å². The summed E-state index contributed by atoms with van der Waals surface area (Å²) in [7, 11) is 0. The van der Waals surface area contributed by atoms with Crippen molar-refractivity contribution in [3.05, 3.63) is 64.0 Å². The molecule has 1 amide bonds. The van der Waals surface area contributed by atoms with Crippen molar-refractivity contribution in [3.63, 3.8) is 0 Å². The highest BCUT2D eigenvalue weighted by atomic mass is 32.1. The Hall–Kier alpha value is -3.19. The average molecular weight is 380 g/mol. The van der Waals surface area contributed by atoms with E-state index in [1.54, 1.807) is 13.0 Å². The molecule has 0 fully saturated rings. The lowest BCUT2D eigenvalue weighted by atomic mass is 10.1. The second-order valence-corrected chi connectivity index (χ2v) is 7.17. The van der Waals surface area contributed by atoms with Gasteiger partial charge in [-0.3, -0.25) is 10.1 Å². The van der Waals surface area contributed by atoms with Gasteiger partial charge in [0, 0.05) is 17.0 Å². The van der Waals surface area contributed by atoms with Gasteiger partial charge in [0.1, 0.15) is 11.3 Å². The van der Waals surface area contributed by atoms with Gasteiger partial charge >= 0.3 is 5.63 Å². The summed E-state index contributed by atoms with van der Waals surface area (Å²) in [5, 5.41) is 4.12. The molecule has 0 spiro atoms. The second-order valence-electron chi connectivity index (χ2n) is 6.14. The second kappa shape index (κ2) is 6.85. The van der Waals surface area contributed by atoms with Gasteiger partial charge in [0.2, 0.25) is 0 Å². The molecule has 0 aliphatic heterocycles. The number of thiazole rings is 1. The Morgan fingerprint density at radius 2 is 2.04 bits per heavy atom. The number of nitrogens with zero attached hydrogens (tertiary/aromatic N) is 1. The fourth-order valence-electron chi connectivity index (χ4n) is 2.88. The van der Waals surface area contributed by atoms with Crippen LogP contribution in [0.25, 0.3) is 21.2 Å². The third kappa shape index (κ3) is 3.41. The molecule has 2 aromatic carbocycles. The Balaban J connectivity index is 1.50. The number of fused-ring (bicyclic) bond motifs is 2. The fourth-order valence-corrected chi connectivity index (χ4v) is 3.76. The van der Waals surface area contributed by atoms with Crippen molar-refractivity contribution in [1.82, 2.24) is 4.98 Å². The Labute approximate surface area is 158 Å². The van der Waals surface area contributed by atoms with Crippen molar-refractivity contribution >= 4 is 43.6 Å². The minimum atomic E-state index is -0.408. The van der Waals surface area contributed by atoms with E-state index < -0.39 is 5.63 Å². The van der Waals surface area contributed by atoms with E-state index in [-0.39, 0.29) is 12.5 Å². The standard InChI is InChI=1S/C20H16N2O4S/c1-11-9-18(24)26-19-12(2)15(8-7-13(11)19)25-10-17(23)22-20-21-14-5-3-4-6-16(14)27-20/h3-9H,10H2,1-2H3,(H,21,22,23). The van der Waals surface area contributed by atoms with E-state index in [1.165, 1.54) is 17.4 Å². The fraction of sp³-hybridized carbons (Fsp3) is 0.150. The molecule has 0 unspecified atom stereocenters. The Bertz CT molecular complexity index is 1190. The molecule has 1 N–H and O–H groups in total.